The van der Waals surface area contributed by atoms with Crippen LogP contribution < -0.4 is 20.5 Å². The summed E-state index contributed by atoms with van der Waals surface area (Å²) in [4.78, 5) is 10.8. The minimum Gasteiger partial charge on any atom is -0.493 e. The van der Waals surface area contributed by atoms with Crippen LogP contribution in [-0.2, 0) is 11.3 Å². The summed E-state index contributed by atoms with van der Waals surface area (Å²) in [6.07, 6.45) is 0.941. The van der Waals surface area contributed by atoms with Gasteiger partial charge in [0.1, 0.15) is 11.5 Å². The third-order valence-corrected chi connectivity index (χ3v) is 2.45. The van der Waals surface area contributed by atoms with Crippen LogP contribution in [0.15, 0.2) is 18.2 Å². The third-order valence-electron chi connectivity index (χ3n) is 2.45. The summed E-state index contributed by atoms with van der Waals surface area (Å²) in [6, 6.07) is 5.63. The van der Waals surface area contributed by atoms with Gasteiger partial charge in [-0.1, -0.05) is 19.9 Å². The number of nitrogens with two attached hydrogens (primary N) is 1. The predicted molar refractivity (Wildman–Crippen MR) is 74.3 cm³/mol. The Bertz CT molecular complexity index is 408. The molecule has 5 nitrogen and oxygen atoms in total. The van der Waals surface area contributed by atoms with Crippen molar-refractivity contribution in [2.24, 2.45) is 5.73 Å². The van der Waals surface area contributed by atoms with E-state index in [0.29, 0.717) is 18.9 Å². The molecule has 3 N–H and O–H groups in total. The van der Waals surface area contributed by atoms with Crippen molar-refractivity contribution in [1.29, 1.82) is 0 Å². The predicted octanol–water partition coefficient (Wildman–Crippen LogP) is 1.45. The molecule has 0 spiro atoms. The van der Waals surface area contributed by atoms with Crippen molar-refractivity contribution in [3.05, 3.63) is 23.8 Å². The number of rotatable bonds is 9. The Morgan fingerprint density at radius 1 is 1.32 bits per heavy atom. The second kappa shape index (κ2) is 8.37. The van der Waals surface area contributed by atoms with E-state index in [9.17, 15) is 4.79 Å². The molecule has 0 saturated carbocycles. The molecule has 0 heterocycles. The van der Waals surface area contributed by atoms with E-state index in [2.05, 4.69) is 5.32 Å². The molecule has 0 fully saturated rings. The molecular weight excluding hydrogens is 244 g/mol. The van der Waals surface area contributed by atoms with Crippen LogP contribution in [0.2, 0.25) is 0 Å². The third kappa shape index (κ3) is 5.61. The molecule has 1 rings (SSSR count). The molecule has 106 valence electrons. The zero-order valence-corrected chi connectivity index (χ0v) is 11.6. The highest BCUT2D eigenvalue weighted by atomic mass is 16.5. The van der Waals surface area contributed by atoms with E-state index in [1.54, 1.807) is 6.07 Å². The van der Waals surface area contributed by atoms with Crippen LogP contribution in [0.1, 0.15) is 25.8 Å². The minimum atomic E-state index is -0.491. The zero-order valence-electron chi connectivity index (χ0n) is 11.6. The summed E-state index contributed by atoms with van der Waals surface area (Å²) in [5.41, 5.74) is 6.08. The number of nitrogens with one attached hydrogen (secondary N) is 1. The maximum absolute atomic E-state index is 10.8. The average molecular weight is 266 g/mol. The second-order valence-electron chi connectivity index (χ2n) is 4.15. The molecule has 1 amide bonds. The van der Waals surface area contributed by atoms with E-state index in [0.717, 1.165) is 24.3 Å². The number of hydrogen-bond acceptors (Lipinski definition) is 4. The van der Waals surface area contributed by atoms with Gasteiger partial charge in [0.05, 0.1) is 6.61 Å². The van der Waals surface area contributed by atoms with Gasteiger partial charge in [-0.25, -0.2) is 0 Å². The zero-order chi connectivity index (χ0) is 14.1. The maximum atomic E-state index is 10.8. The van der Waals surface area contributed by atoms with E-state index >= 15 is 0 Å². The van der Waals surface area contributed by atoms with Gasteiger partial charge in [-0.2, -0.15) is 0 Å². The van der Waals surface area contributed by atoms with Gasteiger partial charge in [0.25, 0.3) is 5.91 Å². The van der Waals surface area contributed by atoms with Crippen molar-refractivity contribution >= 4 is 5.91 Å². The first-order valence-corrected chi connectivity index (χ1v) is 6.54. The van der Waals surface area contributed by atoms with Crippen molar-refractivity contribution < 1.29 is 14.3 Å². The first-order valence-electron chi connectivity index (χ1n) is 6.54. The summed E-state index contributed by atoms with van der Waals surface area (Å²) in [5.74, 6) is 0.879. The van der Waals surface area contributed by atoms with E-state index in [4.69, 9.17) is 15.2 Å². The molecule has 0 aromatic heterocycles. The van der Waals surface area contributed by atoms with Crippen LogP contribution in [0.3, 0.4) is 0 Å². The van der Waals surface area contributed by atoms with Gasteiger partial charge in [-0.3, -0.25) is 4.79 Å². The van der Waals surface area contributed by atoms with Crippen molar-refractivity contribution in [3.63, 3.8) is 0 Å². The lowest BCUT2D eigenvalue weighted by atomic mass is 10.2. The Kier molecular flexibility index (Phi) is 6.74. The molecule has 0 aliphatic carbocycles. The van der Waals surface area contributed by atoms with Gasteiger partial charge in [-0.05, 0) is 19.0 Å². The van der Waals surface area contributed by atoms with Gasteiger partial charge in [0, 0.05) is 18.2 Å². The number of carbonyl (C=O) groups excluding carboxylic acids is 1. The fourth-order valence-electron chi connectivity index (χ4n) is 1.53. The molecule has 1 aromatic carbocycles. The molecule has 19 heavy (non-hydrogen) atoms. The van der Waals surface area contributed by atoms with Crippen molar-refractivity contribution in [2.45, 2.75) is 26.8 Å². The molecule has 0 aliphatic rings. The monoisotopic (exact) mass is 266 g/mol. The van der Waals surface area contributed by atoms with Crippen LogP contribution in [0.4, 0.5) is 0 Å². The SMILES string of the molecule is CCCOc1ccc(CNCC)c(OCC(N)=O)c1. The van der Waals surface area contributed by atoms with Crippen molar-refractivity contribution in [3.8, 4) is 11.5 Å². The highest BCUT2D eigenvalue weighted by Gasteiger charge is 2.07. The molecule has 0 bridgehead atoms. The highest BCUT2D eigenvalue weighted by molar-refractivity contribution is 5.75. The Balaban J connectivity index is 2.79. The number of amides is 1. The topological polar surface area (TPSA) is 73.6 Å². The van der Waals surface area contributed by atoms with Gasteiger partial charge in [0.15, 0.2) is 6.61 Å². The highest BCUT2D eigenvalue weighted by Crippen LogP contribution is 2.25. The van der Waals surface area contributed by atoms with Crippen LogP contribution in [0, 0.1) is 0 Å². The van der Waals surface area contributed by atoms with Crippen LogP contribution in [0.25, 0.3) is 0 Å². The van der Waals surface area contributed by atoms with Crippen LogP contribution in [-0.4, -0.2) is 25.7 Å². The van der Waals surface area contributed by atoms with Crippen LogP contribution in [0.5, 0.6) is 11.5 Å². The summed E-state index contributed by atoms with van der Waals surface area (Å²) >= 11 is 0. The average Bonchev–Trinajstić information content (AvgIpc) is 2.41. The lowest BCUT2D eigenvalue weighted by Crippen LogP contribution is -2.21. The lowest BCUT2D eigenvalue weighted by molar-refractivity contribution is -0.119. The van der Waals surface area contributed by atoms with Gasteiger partial charge < -0.3 is 20.5 Å². The second-order valence-corrected chi connectivity index (χ2v) is 4.15. The molecule has 0 atom stereocenters. The number of carbonyl (C=O) groups is 1. The van der Waals surface area contributed by atoms with E-state index in [-0.39, 0.29) is 6.61 Å². The normalized spacial score (nSPS) is 10.2. The summed E-state index contributed by atoms with van der Waals surface area (Å²) in [7, 11) is 0. The smallest absolute Gasteiger partial charge is 0.255 e. The fourth-order valence-corrected chi connectivity index (χ4v) is 1.53. The first-order chi connectivity index (χ1) is 9.17. The Morgan fingerprint density at radius 3 is 2.74 bits per heavy atom. The molecule has 0 saturated heterocycles. The van der Waals surface area contributed by atoms with E-state index < -0.39 is 5.91 Å². The number of hydrogen-bond donors (Lipinski definition) is 2. The standard InChI is InChI=1S/C14H22N2O3/c1-3-7-18-12-6-5-11(9-16-4-2)13(8-12)19-10-14(15)17/h5-6,8,16H,3-4,7,9-10H2,1-2H3,(H2,15,17). The number of benzene rings is 1. The Morgan fingerprint density at radius 2 is 2.11 bits per heavy atom. The van der Waals surface area contributed by atoms with Crippen molar-refractivity contribution in [1.82, 2.24) is 5.32 Å². The van der Waals surface area contributed by atoms with Gasteiger partial charge >= 0.3 is 0 Å². The maximum Gasteiger partial charge on any atom is 0.255 e. The quantitative estimate of drug-likeness (QED) is 0.709. The number of primary amides is 1. The largest absolute Gasteiger partial charge is 0.493 e. The first kappa shape index (κ1) is 15.3. The van der Waals surface area contributed by atoms with Crippen LogP contribution >= 0.6 is 0 Å². The summed E-state index contributed by atoms with van der Waals surface area (Å²) < 4.78 is 11.0. The molecule has 0 aliphatic heterocycles. The van der Waals surface area contributed by atoms with Crippen molar-refractivity contribution in [2.75, 3.05) is 19.8 Å². The number of ether oxygens (including phenoxy) is 2. The Hall–Kier alpha value is -1.75. The lowest BCUT2D eigenvalue weighted by Gasteiger charge is -2.13. The molecule has 1 aromatic rings. The molecular formula is C14H22N2O3. The molecule has 5 heteroatoms. The minimum absolute atomic E-state index is 0.129. The van der Waals surface area contributed by atoms with E-state index in [1.165, 1.54) is 0 Å². The molecule has 0 radical (unpaired) electrons. The van der Waals surface area contributed by atoms with E-state index in [1.807, 2.05) is 26.0 Å². The Labute approximate surface area is 114 Å². The molecule has 0 unspecified atom stereocenters. The van der Waals surface area contributed by atoms with Gasteiger partial charge in [0.2, 0.25) is 0 Å². The summed E-state index contributed by atoms with van der Waals surface area (Å²) in [5, 5.41) is 3.22. The van der Waals surface area contributed by atoms with Gasteiger partial charge in [-0.15, -0.1) is 0 Å². The fraction of sp³-hybridized carbons (Fsp3) is 0.500. The summed E-state index contributed by atoms with van der Waals surface area (Å²) in [6.45, 7) is 6.15.